The normalized spacial score (nSPS) is 10.8. The molecule has 0 fully saturated rings. The second-order valence-corrected chi connectivity index (χ2v) is 5.31. The summed E-state index contributed by atoms with van der Waals surface area (Å²) < 4.78 is 0.946. The molecule has 100 valence electrons. The molecule has 0 aliphatic carbocycles. The highest BCUT2D eigenvalue weighted by Gasteiger charge is 2.15. The van der Waals surface area contributed by atoms with Crippen molar-refractivity contribution in [3.8, 4) is 11.4 Å². The summed E-state index contributed by atoms with van der Waals surface area (Å²) in [5.41, 5.74) is 1.99. The minimum Gasteiger partial charge on any atom is -0.369 e. The van der Waals surface area contributed by atoms with E-state index in [2.05, 4.69) is 57.0 Å². The van der Waals surface area contributed by atoms with Gasteiger partial charge in [-0.3, -0.25) is 4.98 Å². The molecule has 0 aliphatic heterocycles. The number of anilines is 1. The fraction of sp³-hybridized carbons (Fsp3) is 0.357. The predicted molar refractivity (Wildman–Crippen MR) is 81.2 cm³/mol. The first kappa shape index (κ1) is 13.9. The van der Waals surface area contributed by atoms with Gasteiger partial charge in [0.05, 0.1) is 10.2 Å². The van der Waals surface area contributed by atoms with Crippen molar-refractivity contribution >= 4 is 21.7 Å². The van der Waals surface area contributed by atoms with Crippen LogP contribution in [0.1, 0.15) is 32.4 Å². The third-order valence-electron chi connectivity index (χ3n) is 2.71. The van der Waals surface area contributed by atoms with E-state index >= 15 is 0 Å². The lowest BCUT2D eigenvalue weighted by Gasteiger charge is -2.14. The van der Waals surface area contributed by atoms with Crippen LogP contribution in [0.3, 0.4) is 0 Å². The standard InChI is InChI=1S/C14H17BrN4/c1-4-17-14-11(15)12(9(2)3)18-13(19-14)10-5-7-16-8-6-10/h5-9H,4H2,1-3H3,(H,17,18,19). The molecule has 0 spiro atoms. The number of nitrogens with zero attached hydrogens (tertiary/aromatic N) is 3. The van der Waals surface area contributed by atoms with Crippen LogP contribution in [0.5, 0.6) is 0 Å². The Kier molecular flexibility index (Phi) is 4.47. The molecule has 0 unspecified atom stereocenters. The van der Waals surface area contributed by atoms with E-state index in [1.54, 1.807) is 12.4 Å². The van der Waals surface area contributed by atoms with E-state index in [-0.39, 0.29) is 0 Å². The maximum absolute atomic E-state index is 4.66. The monoisotopic (exact) mass is 320 g/mol. The Morgan fingerprint density at radius 2 is 1.89 bits per heavy atom. The van der Waals surface area contributed by atoms with Gasteiger partial charge < -0.3 is 5.32 Å². The average molecular weight is 321 g/mol. The minimum atomic E-state index is 0.329. The van der Waals surface area contributed by atoms with Gasteiger partial charge in [-0.15, -0.1) is 0 Å². The van der Waals surface area contributed by atoms with Gasteiger partial charge in [-0.25, -0.2) is 9.97 Å². The highest BCUT2D eigenvalue weighted by molar-refractivity contribution is 9.10. The van der Waals surface area contributed by atoms with Crippen molar-refractivity contribution in [2.24, 2.45) is 0 Å². The lowest BCUT2D eigenvalue weighted by atomic mass is 10.1. The van der Waals surface area contributed by atoms with Crippen LogP contribution in [0.15, 0.2) is 29.0 Å². The Morgan fingerprint density at radius 3 is 2.47 bits per heavy atom. The number of halogens is 1. The van der Waals surface area contributed by atoms with Crippen molar-refractivity contribution in [1.29, 1.82) is 0 Å². The second kappa shape index (κ2) is 6.10. The molecule has 2 aromatic rings. The largest absolute Gasteiger partial charge is 0.369 e. The topological polar surface area (TPSA) is 50.7 Å². The summed E-state index contributed by atoms with van der Waals surface area (Å²) in [5, 5.41) is 3.27. The summed E-state index contributed by atoms with van der Waals surface area (Å²) in [6.07, 6.45) is 3.51. The first-order chi connectivity index (χ1) is 9.13. The SMILES string of the molecule is CCNc1nc(-c2ccncc2)nc(C(C)C)c1Br. The van der Waals surface area contributed by atoms with Gasteiger partial charge in [0, 0.05) is 24.5 Å². The third-order valence-corrected chi connectivity index (χ3v) is 3.49. The molecule has 2 aromatic heterocycles. The Balaban J connectivity index is 2.56. The highest BCUT2D eigenvalue weighted by atomic mass is 79.9. The van der Waals surface area contributed by atoms with E-state index < -0.39 is 0 Å². The molecule has 0 bridgehead atoms. The van der Waals surface area contributed by atoms with Crippen LogP contribution in [-0.4, -0.2) is 21.5 Å². The molecule has 5 heteroatoms. The van der Waals surface area contributed by atoms with E-state index in [0.29, 0.717) is 5.92 Å². The van der Waals surface area contributed by atoms with Crippen LogP contribution in [-0.2, 0) is 0 Å². The highest BCUT2D eigenvalue weighted by Crippen LogP contribution is 2.31. The zero-order valence-corrected chi connectivity index (χ0v) is 12.9. The lowest BCUT2D eigenvalue weighted by Crippen LogP contribution is -2.07. The Morgan fingerprint density at radius 1 is 1.21 bits per heavy atom. The number of aromatic nitrogens is 3. The van der Waals surface area contributed by atoms with Gasteiger partial charge in [-0.2, -0.15) is 0 Å². The van der Waals surface area contributed by atoms with Gasteiger partial charge in [0.25, 0.3) is 0 Å². The average Bonchev–Trinajstić information content (AvgIpc) is 2.42. The molecule has 0 radical (unpaired) electrons. The molecule has 0 aromatic carbocycles. The molecule has 4 nitrogen and oxygen atoms in total. The van der Waals surface area contributed by atoms with Crippen LogP contribution >= 0.6 is 15.9 Å². The summed E-state index contributed by atoms with van der Waals surface area (Å²) in [5.74, 6) is 1.90. The zero-order chi connectivity index (χ0) is 13.8. The first-order valence-electron chi connectivity index (χ1n) is 6.35. The van der Waals surface area contributed by atoms with Crippen LogP contribution < -0.4 is 5.32 Å². The Hall–Kier alpha value is -1.49. The van der Waals surface area contributed by atoms with Gasteiger partial charge in [-0.05, 0) is 40.9 Å². The van der Waals surface area contributed by atoms with E-state index in [4.69, 9.17) is 0 Å². The molecular weight excluding hydrogens is 304 g/mol. The maximum atomic E-state index is 4.66. The summed E-state index contributed by atoms with van der Waals surface area (Å²) in [6, 6.07) is 3.84. The third kappa shape index (κ3) is 3.10. The number of nitrogens with one attached hydrogen (secondary N) is 1. The van der Waals surface area contributed by atoms with E-state index in [9.17, 15) is 0 Å². The summed E-state index contributed by atoms with van der Waals surface area (Å²) in [4.78, 5) is 13.3. The molecule has 0 saturated heterocycles. The van der Waals surface area contributed by atoms with Crippen molar-refractivity contribution in [3.63, 3.8) is 0 Å². The van der Waals surface area contributed by atoms with Gasteiger partial charge in [-0.1, -0.05) is 13.8 Å². The van der Waals surface area contributed by atoms with Crippen molar-refractivity contribution in [1.82, 2.24) is 15.0 Å². The van der Waals surface area contributed by atoms with Crippen molar-refractivity contribution in [2.75, 3.05) is 11.9 Å². The Labute approximate surface area is 121 Å². The number of hydrogen-bond acceptors (Lipinski definition) is 4. The van der Waals surface area contributed by atoms with Crippen molar-refractivity contribution in [3.05, 3.63) is 34.7 Å². The van der Waals surface area contributed by atoms with Crippen molar-refractivity contribution in [2.45, 2.75) is 26.7 Å². The minimum absolute atomic E-state index is 0.329. The van der Waals surface area contributed by atoms with Gasteiger partial charge >= 0.3 is 0 Å². The molecule has 1 N–H and O–H groups in total. The van der Waals surface area contributed by atoms with E-state index in [0.717, 1.165) is 33.9 Å². The van der Waals surface area contributed by atoms with Crippen molar-refractivity contribution < 1.29 is 0 Å². The molecule has 0 saturated carbocycles. The fourth-order valence-corrected chi connectivity index (χ4v) is 2.54. The molecule has 19 heavy (non-hydrogen) atoms. The van der Waals surface area contributed by atoms with Crippen LogP contribution in [0.4, 0.5) is 5.82 Å². The van der Waals surface area contributed by atoms with E-state index in [1.165, 1.54) is 0 Å². The molecular formula is C14H17BrN4. The van der Waals surface area contributed by atoms with E-state index in [1.807, 2.05) is 12.1 Å². The molecule has 2 heterocycles. The first-order valence-corrected chi connectivity index (χ1v) is 7.14. The van der Waals surface area contributed by atoms with Crippen LogP contribution in [0.25, 0.3) is 11.4 Å². The number of pyridine rings is 1. The molecule has 2 rings (SSSR count). The zero-order valence-electron chi connectivity index (χ0n) is 11.3. The fourth-order valence-electron chi connectivity index (χ4n) is 1.76. The predicted octanol–water partition coefficient (Wildman–Crippen LogP) is 3.86. The van der Waals surface area contributed by atoms with Crippen LogP contribution in [0.2, 0.25) is 0 Å². The van der Waals surface area contributed by atoms with Gasteiger partial charge in [0.1, 0.15) is 5.82 Å². The summed E-state index contributed by atoms with van der Waals surface area (Å²) in [6.45, 7) is 7.12. The number of hydrogen-bond donors (Lipinski definition) is 1. The molecule has 0 aliphatic rings. The van der Waals surface area contributed by atoms with Gasteiger partial charge in [0.2, 0.25) is 0 Å². The quantitative estimate of drug-likeness (QED) is 0.929. The lowest BCUT2D eigenvalue weighted by molar-refractivity contribution is 0.809. The molecule has 0 amide bonds. The summed E-state index contributed by atoms with van der Waals surface area (Å²) in [7, 11) is 0. The maximum Gasteiger partial charge on any atom is 0.161 e. The van der Waals surface area contributed by atoms with Gasteiger partial charge in [0.15, 0.2) is 5.82 Å². The van der Waals surface area contributed by atoms with Crippen LogP contribution in [0, 0.1) is 0 Å². The summed E-state index contributed by atoms with van der Waals surface area (Å²) >= 11 is 3.59. The smallest absolute Gasteiger partial charge is 0.161 e. The second-order valence-electron chi connectivity index (χ2n) is 4.52. The Bertz CT molecular complexity index is 555. The molecule has 0 atom stereocenters. The number of rotatable bonds is 4.